The Hall–Kier alpha value is -1.07. The van der Waals surface area contributed by atoms with Gasteiger partial charge in [-0.05, 0) is 40.9 Å². The van der Waals surface area contributed by atoms with Gasteiger partial charge in [0.1, 0.15) is 0 Å². The van der Waals surface area contributed by atoms with Crippen molar-refractivity contribution in [1.82, 2.24) is 0 Å². The number of carbonyl (C=O) groups excluding carboxylic acids is 1. The average Bonchev–Trinajstić information content (AvgIpc) is 2.71. The molecule has 0 radical (unpaired) electrons. The number of Topliss-reactive ketones (excluding diaryl/α,β-unsaturated/α-hetero) is 1. The summed E-state index contributed by atoms with van der Waals surface area (Å²) in [6, 6.07) is 3.62. The minimum Gasteiger partial charge on any atom is -0.490 e. The molecule has 0 spiro atoms. The summed E-state index contributed by atoms with van der Waals surface area (Å²) in [6.07, 6.45) is 2.68. The molecule has 20 heavy (non-hydrogen) atoms. The van der Waals surface area contributed by atoms with Gasteiger partial charge in [0.15, 0.2) is 17.3 Å². The molecule has 2 heterocycles. The highest BCUT2D eigenvalue weighted by Crippen LogP contribution is 2.36. The predicted octanol–water partition coefficient (Wildman–Crippen LogP) is 3.22. The first kappa shape index (κ1) is 13.9. The van der Waals surface area contributed by atoms with E-state index in [1.54, 1.807) is 6.07 Å². The fraction of sp³-hybridized carbons (Fsp3) is 0.533. The van der Waals surface area contributed by atoms with Gasteiger partial charge in [-0.3, -0.25) is 4.79 Å². The van der Waals surface area contributed by atoms with Crippen molar-refractivity contribution in [1.29, 1.82) is 0 Å². The maximum Gasteiger partial charge on any atom is 0.169 e. The van der Waals surface area contributed by atoms with E-state index in [4.69, 9.17) is 14.2 Å². The van der Waals surface area contributed by atoms with Crippen LogP contribution in [-0.4, -0.2) is 32.2 Å². The Labute approximate surface area is 126 Å². The molecule has 3 rings (SSSR count). The van der Waals surface area contributed by atoms with E-state index in [0.29, 0.717) is 36.9 Å². The molecule has 1 aromatic carbocycles. The van der Waals surface area contributed by atoms with Crippen LogP contribution >= 0.6 is 15.9 Å². The normalized spacial score (nSPS) is 22.1. The summed E-state index contributed by atoms with van der Waals surface area (Å²) in [5.41, 5.74) is 0.657. The van der Waals surface area contributed by atoms with Crippen LogP contribution in [0.25, 0.3) is 0 Å². The van der Waals surface area contributed by atoms with Gasteiger partial charge in [-0.1, -0.05) is 0 Å². The van der Waals surface area contributed by atoms with Crippen molar-refractivity contribution in [2.45, 2.75) is 19.3 Å². The molecule has 5 heteroatoms. The molecule has 0 aromatic heterocycles. The molecular weight excluding hydrogens is 324 g/mol. The molecule has 1 aromatic rings. The molecule has 2 aliphatic rings. The first-order valence-corrected chi connectivity index (χ1v) is 7.76. The van der Waals surface area contributed by atoms with Crippen molar-refractivity contribution in [3.63, 3.8) is 0 Å². The van der Waals surface area contributed by atoms with Crippen LogP contribution in [0.15, 0.2) is 16.6 Å². The van der Waals surface area contributed by atoms with Crippen LogP contribution in [0.2, 0.25) is 0 Å². The minimum atomic E-state index is -0.0511. The highest BCUT2D eigenvalue weighted by Gasteiger charge is 2.26. The zero-order valence-corrected chi connectivity index (χ0v) is 12.8. The molecule has 4 nitrogen and oxygen atoms in total. The lowest BCUT2D eigenvalue weighted by Crippen LogP contribution is -2.25. The van der Waals surface area contributed by atoms with Crippen molar-refractivity contribution < 1.29 is 19.0 Å². The van der Waals surface area contributed by atoms with Gasteiger partial charge in [0, 0.05) is 29.0 Å². The molecule has 1 saturated heterocycles. The molecule has 108 valence electrons. The number of halogens is 1. The summed E-state index contributed by atoms with van der Waals surface area (Å²) in [5.74, 6) is 1.42. The summed E-state index contributed by atoms with van der Waals surface area (Å²) in [7, 11) is 0. The van der Waals surface area contributed by atoms with E-state index >= 15 is 0 Å². The smallest absolute Gasteiger partial charge is 0.169 e. The van der Waals surface area contributed by atoms with E-state index in [1.165, 1.54) is 0 Å². The Morgan fingerprint density at radius 2 is 1.85 bits per heavy atom. The van der Waals surface area contributed by atoms with E-state index in [0.717, 1.165) is 30.3 Å². The largest absolute Gasteiger partial charge is 0.490 e. The molecule has 1 fully saturated rings. The molecule has 0 saturated carbocycles. The topological polar surface area (TPSA) is 44.8 Å². The summed E-state index contributed by atoms with van der Waals surface area (Å²) in [6.45, 7) is 2.53. The first-order valence-electron chi connectivity index (χ1n) is 6.97. The lowest BCUT2D eigenvalue weighted by molar-refractivity contribution is 0.0460. The number of carbonyl (C=O) groups is 1. The van der Waals surface area contributed by atoms with Gasteiger partial charge in [0.05, 0.1) is 19.8 Å². The Morgan fingerprint density at radius 3 is 2.55 bits per heavy atom. The first-order chi connectivity index (χ1) is 9.75. The highest BCUT2D eigenvalue weighted by molar-refractivity contribution is 9.10. The third kappa shape index (κ3) is 2.83. The van der Waals surface area contributed by atoms with Crippen LogP contribution in [0.5, 0.6) is 11.5 Å². The second-order valence-electron chi connectivity index (χ2n) is 5.11. The number of hydrogen-bond donors (Lipinski definition) is 0. The zero-order chi connectivity index (χ0) is 13.9. The van der Waals surface area contributed by atoms with E-state index in [-0.39, 0.29) is 11.7 Å². The quantitative estimate of drug-likeness (QED) is 0.775. The number of benzene rings is 1. The number of rotatable bonds is 2. The van der Waals surface area contributed by atoms with Gasteiger partial charge in [-0.2, -0.15) is 0 Å². The summed E-state index contributed by atoms with van der Waals surface area (Å²) < 4.78 is 17.4. The molecule has 0 bridgehead atoms. The van der Waals surface area contributed by atoms with Gasteiger partial charge in [0.25, 0.3) is 0 Å². The van der Waals surface area contributed by atoms with E-state index in [1.807, 2.05) is 6.07 Å². The van der Waals surface area contributed by atoms with Crippen molar-refractivity contribution in [3.8, 4) is 11.5 Å². The van der Waals surface area contributed by atoms with Gasteiger partial charge < -0.3 is 14.2 Å². The minimum absolute atomic E-state index is 0.0511. The fourth-order valence-corrected chi connectivity index (χ4v) is 3.06. The average molecular weight is 341 g/mol. The van der Waals surface area contributed by atoms with E-state index < -0.39 is 0 Å². The third-order valence-corrected chi connectivity index (χ3v) is 4.29. The summed E-state index contributed by atoms with van der Waals surface area (Å²) >= 11 is 3.47. The Bertz CT molecular complexity index is 509. The molecule has 0 N–H and O–H groups in total. The molecule has 0 aliphatic carbocycles. The van der Waals surface area contributed by atoms with Crippen molar-refractivity contribution >= 4 is 21.7 Å². The predicted molar refractivity (Wildman–Crippen MR) is 77.6 cm³/mol. The van der Waals surface area contributed by atoms with Gasteiger partial charge in [-0.25, -0.2) is 0 Å². The van der Waals surface area contributed by atoms with Gasteiger partial charge >= 0.3 is 0 Å². The maximum atomic E-state index is 12.6. The molecule has 1 atom stereocenters. The van der Waals surface area contributed by atoms with Crippen LogP contribution < -0.4 is 9.47 Å². The third-order valence-electron chi connectivity index (χ3n) is 3.63. The molecular formula is C15H17BrO4. The number of hydrogen-bond acceptors (Lipinski definition) is 4. The van der Waals surface area contributed by atoms with Crippen LogP contribution in [0.4, 0.5) is 0 Å². The standard InChI is InChI=1S/C15H17BrO4/c16-12-8-14-13(19-5-2-6-20-14)7-11(12)15(17)10-3-1-4-18-9-10/h7-8,10H,1-6,9H2. The molecule has 0 amide bonds. The number of ketones is 1. The maximum absolute atomic E-state index is 12.6. The van der Waals surface area contributed by atoms with E-state index in [9.17, 15) is 4.79 Å². The Balaban J connectivity index is 1.88. The SMILES string of the molecule is O=C(c1cc2c(cc1Br)OCCCO2)C1CCCOC1. The van der Waals surface area contributed by atoms with Crippen molar-refractivity contribution in [2.24, 2.45) is 5.92 Å². The van der Waals surface area contributed by atoms with Crippen molar-refractivity contribution in [2.75, 3.05) is 26.4 Å². The number of fused-ring (bicyclic) bond motifs is 1. The monoisotopic (exact) mass is 340 g/mol. The number of ether oxygens (including phenoxy) is 3. The zero-order valence-electron chi connectivity index (χ0n) is 11.2. The lowest BCUT2D eigenvalue weighted by atomic mass is 9.92. The van der Waals surface area contributed by atoms with E-state index in [2.05, 4.69) is 15.9 Å². The second kappa shape index (κ2) is 6.14. The Morgan fingerprint density at radius 1 is 1.10 bits per heavy atom. The van der Waals surface area contributed by atoms with Crippen LogP contribution in [-0.2, 0) is 4.74 Å². The fourth-order valence-electron chi connectivity index (χ4n) is 2.54. The van der Waals surface area contributed by atoms with Gasteiger partial charge in [-0.15, -0.1) is 0 Å². The van der Waals surface area contributed by atoms with Crippen LogP contribution in [0, 0.1) is 5.92 Å². The molecule has 1 unspecified atom stereocenters. The van der Waals surface area contributed by atoms with Gasteiger partial charge in [0.2, 0.25) is 0 Å². The second-order valence-corrected chi connectivity index (χ2v) is 5.96. The van der Waals surface area contributed by atoms with Crippen LogP contribution in [0.1, 0.15) is 29.6 Å². The van der Waals surface area contributed by atoms with Crippen molar-refractivity contribution in [3.05, 3.63) is 22.2 Å². The highest BCUT2D eigenvalue weighted by atomic mass is 79.9. The van der Waals surface area contributed by atoms with Crippen LogP contribution in [0.3, 0.4) is 0 Å². The summed E-state index contributed by atoms with van der Waals surface area (Å²) in [4.78, 5) is 12.6. The summed E-state index contributed by atoms with van der Waals surface area (Å²) in [5, 5.41) is 0. The Kier molecular flexibility index (Phi) is 4.27. The molecule has 2 aliphatic heterocycles. The lowest BCUT2D eigenvalue weighted by Gasteiger charge is -2.21.